The van der Waals surface area contributed by atoms with Gasteiger partial charge in [0.05, 0.1) is 12.2 Å². The van der Waals surface area contributed by atoms with E-state index in [1.807, 2.05) is 24.4 Å². The van der Waals surface area contributed by atoms with Crippen molar-refractivity contribution in [3.63, 3.8) is 0 Å². The number of aliphatic imine (C=N–C) groups is 1. The lowest BCUT2D eigenvalue weighted by atomic mass is 10.1. The van der Waals surface area contributed by atoms with Crippen LogP contribution in [0.25, 0.3) is 11.3 Å². The van der Waals surface area contributed by atoms with Crippen molar-refractivity contribution in [3.05, 3.63) is 54.2 Å². The Hall–Kier alpha value is -2.16. The van der Waals surface area contributed by atoms with E-state index in [4.69, 9.17) is 0 Å². The Morgan fingerprint density at radius 2 is 1.76 bits per heavy atom. The molecule has 0 bridgehead atoms. The topological polar surface area (TPSA) is 37.3 Å². The number of nitrogens with one attached hydrogen (secondary N) is 1. The van der Waals surface area contributed by atoms with E-state index < -0.39 is 0 Å². The Bertz CT molecular complexity index is 529. The van der Waals surface area contributed by atoms with E-state index in [2.05, 4.69) is 39.6 Å². The Balaban J connectivity index is 1.90. The molecule has 1 N–H and O–H groups in total. The molecule has 1 aromatic carbocycles. The minimum atomic E-state index is 0.872. The molecule has 3 heteroatoms. The van der Waals surface area contributed by atoms with Crippen molar-refractivity contribution in [2.75, 3.05) is 13.1 Å². The van der Waals surface area contributed by atoms with Gasteiger partial charge in [-0.2, -0.15) is 0 Å². The number of hydrogen-bond donors (Lipinski definition) is 1. The summed E-state index contributed by atoms with van der Waals surface area (Å²) < 4.78 is 0. The lowest BCUT2D eigenvalue weighted by Gasteiger charge is -2.04. The highest BCUT2D eigenvalue weighted by atomic mass is 15.1. The van der Waals surface area contributed by atoms with Gasteiger partial charge in [0.1, 0.15) is 5.84 Å². The third kappa shape index (κ3) is 2.04. The van der Waals surface area contributed by atoms with Crippen molar-refractivity contribution in [1.82, 2.24) is 10.3 Å². The first-order valence-electron chi connectivity index (χ1n) is 5.74. The van der Waals surface area contributed by atoms with E-state index in [9.17, 15) is 0 Å². The van der Waals surface area contributed by atoms with Crippen LogP contribution >= 0.6 is 0 Å². The molecule has 84 valence electrons. The summed E-state index contributed by atoms with van der Waals surface area (Å²) in [5, 5.41) is 3.27. The monoisotopic (exact) mass is 223 g/mol. The highest BCUT2D eigenvalue weighted by Crippen LogP contribution is 2.17. The fraction of sp³-hybridized carbons (Fsp3) is 0.143. The molecule has 1 aromatic heterocycles. The van der Waals surface area contributed by atoms with Crippen molar-refractivity contribution in [1.29, 1.82) is 0 Å². The van der Waals surface area contributed by atoms with E-state index in [1.165, 1.54) is 0 Å². The van der Waals surface area contributed by atoms with Crippen LogP contribution in [-0.4, -0.2) is 23.9 Å². The zero-order valence-corrected chi connectivity index (χ0v) is 9.43. The Labute approximate surface area is 100 Å². The molecule has 0 unspecified atom stereocenters. The Morgan fingerprint density at radius 3 is 2.41 bits per heavy atom. The standard InChI is InChI=1S/C14H13N3/c1-2-8-15-13(3-1)11-4-6-12(7-5-11)14-16-9-10-17-14/h1-8H,9-10H2,(H,16,17). The van der Waals surface area contributed by atoms with Crippen LogP contribution in [-0.2, 0) is 0 Å². The van der Waals surface area contributed by atoms with E-state index in [1.54, 1.807) is 0 Å². The lowest BCUT2D eigenvalue weighted by molar-refractivity contribution is 0.960. The van der Waals surface area contributed by atoms with Gasteiger partial charge in [-0.05, 0) is 12.1 Å². The average Bonchev–Trinajstić information content (AvgIpc) is 2.94. The van der Waals surface area contributed by atoms with Crippen LogP contribution in [0.4, 0.5) is 0 Å². The van der Waals surface area contributed by atoms with E-state index in [-0.39, 0.29) is 0 Å². The fourth-order valence-electron chi connectivity index (χ4n) is 1.92. The molecule has 3 nitrogen and oxygen atoms in total. The van der Waals surface area contributed by atoms with Gasteiger partial charge in [-0.1, -0.05) is 30.3 Å². The smallest absolute Gasteiger partial charge is 0.128 e. The van der Waals surface area contributed by atoms with Gasteiger partial charge in [-0.3, -0.25) is 9.98 Å². The van der Waals surface area contributed by atoms with E-state index in [0.29, 0.717) is 0 Å². The van der Waals surface area contributed by atoms with Crippen LogP contribution in [0.1, 0.15) is 5.56 Å². The summed E-state index contributed by atoms with van der Waals surface area (Å²) in [6.45, 7) is 1.81. The van der Waals surface area contributed by atoms with Crippen LogP contribution in [0.5, 0.6) is 0 Å². The Kier molecular flexibility index (Phi) is 2.58. The van der Waals surface area contributed by atoms with E-state index in [0.717, 1.165) is 35.7 Å². The molecule has 0 amide bonds. The van der Waals surface area contributed by atoms with Crippen LogP contribution in [0.3, 0.4) is 0 Å². The third-order valence-corrected chi connectivity index (χ3v) is 2.79. The molecule has 0 radical (unpaired) electrons. The lowest BCUT2D eigenvalue weighted by Crippen LogP contribution is -2.19. The van der Waals surface area contributed by atoms with Gasteiger partial charge in [0.25, 0.3) is 0 Å². The van der Waals surface area contributed by atoms with Gasteiger partial charge in [0, 0.05) is 23.9 Å². The van der Waals surface area contributed by atoms with Gasteiger partial charge in [-0.15, -0.1) is 0 Å². The van der Waals surface area contributed by atoms with Crippen molar-refractivity contribution in [2.45, 2.75) is 0 Å². The normalized spacial score (nSPS) is 14.2. The molecule has 17 heavy (non-hydrogen) atoms. The summed E-state index contributed by atoms with van der Waals surface area (Å²) in [6, 6.07) is 14.3. The van der Waals surface area contributed by atoms with Crippen LogP contribution in [0.2, 0.25) is 0 Å². The number of benzene rings is 1. The van der Waals surface area contributed by atoms with Gasteiger partial charge in [0.2, 0.25) is 0 Å². The molecule has 2 aromatic rings. The molecule has 0 aliphatic carbocycles. The molecular formula is C14H13N3. The number of amidine groups is 1. The summed E-state index contributed by atoms with van der Waals surface area (Å²) >= 11 is 0. The first-order chi connectivity index (χ1) is 8.43. The first-order valence-corrected chi connectivity index (χ1v) is 5.74. The predicted molar refractivity (Wildman–Crippen MR) is 69.1 cm³/mol. The van der Waals surface area contributed by atoms with Crippen molar-refractivity contribution < 1.29 is 0 Å². The highest BCUT2D eigenvalue weighted by Gasteiger charge is 2.07. The summed E-state index contributed by atoms with van der Waals surface area (Å²) in [6.07, 6.45) is 1.81. The van der Waals surface area contributed by atoms with Crippen LogP contribution < -0.4 is 5.32 Å². The minimum absolute atomic E-state index is 0.872. The van der Waals surface area contributed by atoms with Gasteiger partial charge in [0.15, 0.2) is 0 Å². The Morgan fingerprint density at radius 1 is 0.941 bits per heavy atom. The second-order valence-corrected chi connectivity index (χ2v) is 3.95. The fourth-order valence-corrected chi connectivity index (χ4v) is 1.92. The molecule has 1 aliphatic heterocycles. The molecule has 0 fully saturated rings. The molecule has 3 rings (SSSR count). The van der Waals surface area contributed by atoms with Gasteiger partial charge >= 0.3 is 0 Å². The van der Waals surface area contributed by atoms with Gasteiger partial charge in [-0.25, -0.2) is 0 Å². The number of nitrogens with zero attached hydrogens (tertiary/aromatic N) is 2. The molecule has 0 saturated heterocycles. The summed E-state index contributed by atoms with van der Waals surface area (Å²) in [5.74, 6) is 0.998. The SMILES string of the molecule is c1ccc(-c2ccc(C3=NCCN3)cc2)nc1. The zero-order valence-electron chi connectivity index (χ0n) is 9.43. The largest absolute Gasteiger partial charge is 0.368 e. The maximum Gasteiger partial charge on any atom is 0.128 e. The van der Waals surface area contributed by atoms with Crippen LogP contribution in [0, 0.1) is 0 Å². The molecule has 0 spiro atoms. The molecule has 0 atom stereocenters. The molecule has 2 heterocycles. The van der Waals surface area contributed by atoms with Crippen LogP contribution in [0.15, 0.2) is 53.7 Å². The second kappa shape index (κ2) is 4.37. The molecular weight excluding hydrogens is 210 g/mol. The van der Waals surface area contributed by atoms with Gasteiger partial charge < -0.3 is 5.32 Å². The highest BCUT2D eigenvalue weighted by molar-refractivity contribution is 6.00. The number of rotatable bonds is 2. The summed E-state index contributed by atoms with van der Waals surface area (Å²) in [7, 11) is 0. The molecule has 1 aliphatic rings. The number of pyridine rings is 1. The average molecular weight is 223 g/mol. The second-order valence-electron chi connectivity index (χ2n) is 3.95. The minimum Gasteiger partial charge on any atom is -0.368 e. The maximum absolute atomic E-state index is 4.40. The van der Waals surface area contributed by atoms with E-state index >= 15 is 0 Å². The summed E-state index contributed by atoms with van der Waals surface area (Å²) in [4.78, 5) is 8.73. The van der Waals surface area contributed by atoms with Crippen molar-refractivity contribution in [3.8, 4) is 11.3 Å². The third-order valence-electron chi connectivity index (χ3n) is 2.79. The van der Waals surface area contributed by atoms with Crippen molar-refractivity contribution >= 4 is 5.84 Å². The number of aromatic nitrogens is 1. The maximum atomic E-state index is 4.40. The predicted octanol–water partition coefficient (Wildman–Crippen LogP) is 2.10. The summed E-state index contributed by atoms with van der Waals surface area (Å²) in [5.41, 5.74) is 3.27. The molecule has 0 saturated carbocycles. The first kappa shape index (κ1) is 10.0. The quantitative estimate of drug-likeness (QED) is 0.846. The van der Waals surface area contributed by atoms with Crippen molar-refractivity contribution in [2.24, 2.45) is 4.99 Å². The zero-order chi connectivity index (χ0) is 11.5. The number of hydrogen-bond acceptors (Lipinski definition) is 3.